The minimum absolute atomic E-state index is 0.139. The molecule has 0 radical (unpaired) electrons. The van der Waals surface area contributed by atoms with Gasteiger partial charge in [-0.1, -0.05) is 35.9 Å². The molecule has 0 bridgehead atoms. The van der Waals surface area contributed by atoms with Crippen molar-refractivity contribution in [1.82, 2.24) is 19.4 Å². The third kappa shape index (κ3) is 4.23. The minimum atomic E-state index is -0.323. The van der Waals surface area contributed by atoms with Crippen molar-refractivity contribution in [3.63, 3.8) is 0 Å². The van der Waals surface area contributed by atoms with E-state index >= 15 is 0 Å². The Hall–Kier alpha value is -2.37. The number of hydrogen-bond donors (Lipinski definition) is 0. The maximum Gasteiger partial charge on any atom is 0.245 e. The van der Waals surface area contributed by atoms with E-state index in [2.05, 4.69) is 16.5 Å². The third-order valence-corrected chi connectivity index (χ3v) is 6.48. The number of para-hydroxylation sites is 2. The van der Waals surface area contributed by atoms with Crippen molar-refractivity contribution in [3.05, 3.63) is 64.9 Å². The number of benzene rings is 2. The van der Waals surface area contributed by atoms with E-state index in [1.54, 1.807) is 0 Å². The summed E-state index contributed by atoms with van der Waals surface area (Å²) in [5.41, 5.74) is 2.99. The molecule has 0 saturated carbocycles. The number of likely N-dealkylation sites (N-methyl/N-ethyl adjacent to an activating group) is 1. The molecule has 6 heteroatoms. The van der Waals surface area contributed by atoms with Gasteiger partial charge in [0.05, 0.1) is 11.0 Å². The van der Waals surface area contributed by atoms with Crippen LogP contribution in [0.2, 0.25) is 5.02 Å². The van der Waals surface area contributed by atoms with E-state index in [0.717, 1.165) is 48.4 Å². The second-order valence-electron chi connectivity index (χ2n) is 8.35. The summed E-state index contributed by atoms with van der Waals surface area (Å²) in [7, 11) is 4.09. The van der Waals surface area contributed by atoms with Crippen LogP contribution in [-0.2, 0) is 11.2 Å². The summed E-state index contributed by atoms with van der Waals surface area (Å²) in [5.74, 6) is 1.02. The van der Waals surface area contributed by atoms with Crippen LogP contribution in [0.25, 0.3) is 11.0 Å². The molecule has 1 amide bonds. The molecule has 3 aromatic rings. The second kappa shape index (κ2) is 8.78. The van der Waals surface area contributed by atoms with E-state index in [4.69, 9.17) is 16.6 Å². The molecular formula is C24H29ClN4O. The standard InChI is InChI=1S/C24H29ClN4O/c1-17(24(30)28(3)20-11-13-27(2)14-12-20)29-22-10-5-4-9-21(22)26-23(29)16-18-7-6-8-19(25)15-18/h4-10,15,17,20H,11-14,16H2,1-3H3. The number of rotatable bonds is 5. The molecule has 158 valence electrons. The van der Waals surface area contributed by atoms with Gasteiger partial charge in [0, 0.05) is 24.5 Å². The Labute approximate surface area is 183 Å². The zero-order chi connectivity index (χ0) is 21.3. The number of likely N-dealkylation sites (tertiary alicyclic amines) is 1. The SMILES string of the molecule is CC(C(=O)N(C)C1CCN(C)CC1)n1c(Cc2cccc(Cl)c2)nc2ccccc21. The van der Waals surface area contributed by atoms with Gasteiger partial charge in [-0.05, 0) is 69.7 Å². The van der Waals surface area contributed by atoms with Gasteiger partial charge in [0.15, 0.2) is 0 Å². The van der Waals surface area contributed by atoms with Crippen LogP contribution >= 0.6 is 11.6 Å². The van der Waals surface area contributed by atoms with Crippen LogP contribution in [0.4, 0.5) is 0 Å². The molecule has 0 aliphatic carbocycles. The lowest BCUT2D eigenvalue weighted by Crippen LogP contribution is -2.46. The number of amides is 1. The van der Waals surface area contributed by atoms with Gasteiger partial charge in [-0.15, -0.1) is 0 Å². The summed E-state index contributed by atoms with van der Waals surface area (Å²) in [6, 6.07) is 15.8. The average molecular weight is 425 g/mol. The molecule has 2 heterocycles. The van der Waals surface area contributed by atoms with Crippen molar-refractivity contribution in [2.24, 2.45) is 0 Å². The van der Waals surface area contributed by atoms with Crippen LogP contribution in [0.3, 0.4) is 0 Å². The summed E-state index contributed by atoms with van der Waals surface area (Å²) < 4.78 is 2.10. The molecule has 5 nitrogen and oxygen atoms in total. The average Bonchev–Trinajstić information content (AvgIpc) is 3.10. The quantitative estimate of drug-likeness (QED) is 0.609. The second-order valence-corrected chi connectivity index (χ2v) is 8.79. The molecular weight excluding hydrogens is 396 g/mol. The number of piperidine rings is 1. The van der Waals surface area contributed by atoms with E-state index in [1.165, 1.54) is 0 Å². The number of fused-ring (bicyclic) bond motifs is 1. The van der Waals surface area contributed by atoms with Crippen LogP contribution < -0.4 is 0 Å². The molecule has 4 rings (SSSR count). The molecule has 30 heavy (non-hydrogen) atoms. The van der Waals surface area contributed by atoms with Gasteiger partial charge in [0.2, 0.25) is 5.91 Å². The number of nitrogens with zero attached hydrogens (tertiary/aromatic N) is 4. The fraction of sp³-hybridized carbons (Fsp3) is 0.417. The van der Waals surface area contributed by atoms with Crippen LogP contribution in [0.1, 0.15) is 37.2 Å². The highest BCUT2D eigenvalue weighted by atomic mass is 35.5. The number of carbonyl (C=O) groups is 1. The molecule has 0 spiro atoms. The molecule has 1 aliphatic heterocycles. The zero-order valence-electron chi connectivity index (χ0n) is 17.9. The fourth-order valence-electron chi connectivity index (χ4n) is 4.45. The van der Waals surface area contributed by atoms with Gasteiger partial charge >= 0.3 is 0 Å². The summed E-state index contributed by atoms with van der Waals surface area (Å²) in [5, 5.41) is 0.710. The number of imidazole rings is 1. The van der Waals surface area contributed by atoms with Gasteiger partial charge in [-0.2, -0.15) is 0 Å². The van der Waals surface area contributed by atoms with E-state index in [0.29, 0.717) is 17.5 Å². The summed E-state index contributed by atoms with van der Waals surface area (Å²) >= 11 is 6.19. The van der Waals surface area contributed by atoms with E-state index in [9.17, 15) is 4.79 Å². The number of carbonyl (C=O) groups excluding carboxylic acids is 1. The highest BCUT2D eigenvalue weighted by Crippen LogP contribution is 2.26. The maximum absolute atomic E-state index is 13.5. The highest BCUT2D eigenvalue weighted by Gasteiger charge is 2.29. The van der Waals surface area contributed by atoms with Crippen molar-refractivity contribution < 1.29 is 4.79 Å². The van der Waals surface area contributed by atoms with E-state index in [-0.39, 0.29) is 11.9 Å². The predicted molar refractivity (Wildman–Crippen MR) is 122 cm³/mol. The first kappa shape index (κ1) is 20.9. The van der Waals surface area contributed by atoms with Crippen LogP contribution in [0.15, 0.2) is 48.5 Å². The Balaban J connectivity index is 1.65. The molecule has 2 aromatic carbocycles. The number of aromatic nitrogens is 2. The van der Waals surface area contributed by atoms with E-state index < -0.39 is 0 Å². The first-order chi connectivity index (χ1) is 14.4. The molecule has 1 fully saturated rings. The van der Waals surface area contributed by atoms with Crippen LogP contribution in [-0.4, -0.2) is 58.5 Å². The first-order valence-corrected chi connectivity index (χ1v) is 11.0. The Morgan fingerprint density at radius 2 is 1.93 bits per heavy atom. The Morgan fingerprint density at radius 3 is 2.67 bits per heavy atom. The largest absolute Gasteiger partial charge is 0.341 e. The predicted octanol–water partition coefficient (Wildman–Crippen LogP) is 4.39. The lowest BCUT2D eigenvalue weighted by atomic mass is 10.0. The van der Waals surface area contributed by atoms with Gasteiger partial charge < -0.3 is 14.4 Å². The molecule has 1 aliphatic rings. The molecule has 1 unspecified atom stereocenters. The third-order valence-electron chi connectivity index (χ3n) is 6.25. The smallest absolute Gasteiger partial charge is 0.245 e. The lowest BCUT2D eigenvalue weighted by Gasteiger charge is -2.36. The van der Waals surface area contributed by atoms with Crippen molar-refractivity contribution in [1.29, 1.82) is 0 Å². The Morgan fingerprint density at radius 1 is 1.20 bits per heavy atom. The minimum Gasteiger partial charge on any atom is -0.341 e. The van der Waals surface area contributed by atoms with Crippen molar-refractivity contribution in [2.75, 3.05) is 27.2 Å². The molecule has 0 N–H and O–H groups in total. The van der Waals surface area contributed by atoms with Gasteiger partial charge in [-0.25, -0.2) is 4.98 Å². The summed E-state index contributed by atoms with van der Waals surface area (Å²) in [6.07, 6.45) is 2.67. The topological polar surface area (TPSA) is 41.4 Å². The zero-order valence-corrected chi connectivity index (χ0v) is 18.6. The normalized spacial score (nSPS) is 16.7. The van der Waals surface area contributed by atoms with Gasteiger partial charge in [-0.3, -0.25) is 4.79 Å². The molecule has 1 saturated heterocycles. The number of hydrogen-bond acceptors (Lipinski definition) is 3. The van der Waals surface area contributed by atoms with E-state index in [1.807, 2.05) is 67.4 Å². The van der Waals surface area contributed by atoms with Crippen LogP contribution in [0, 0.1) is 0 Å². The van der Waals surface area contributed by atoms with Crippen molar-refractivity contribution >= 4 is 28.5 Å². The van der Waals surface area contributed by atoms with Crippen molar-refractivity contribution in [2.45, 2.75) is 38.3 Å². The van der Waals surface area contributed by atoms with Gasteiger partial charge in [0.25, 0.3) is 0 Å². The summed E-state index contributed by atoms with van der Waals surface area (Å²) in [4.78, 5) is 22.6. The van der Waals surface area contributed by atoms with Crippen molar-refractivity contribution in [3.8, 4) is 0 Å². The highest BCUT2D eigenvalue weighted by molar-refractivity contribution is 6.30. The monoisotopic (exact) mass is 424 g/mol. The molecule has 1 atom stereocenters. The summed E-state index contributed by atoms with van der Waals surface area (Å²) in [6.45, 7) is 4.05. The molecule has 1 aromatic heterocycles. The Kier molecular flexibility index (Phi) is 6.11. The first-order valence-electron chi connectivity index (χ1n) is 10.6. The lowest BCUT2D eigenvalue weighted by molar-refractivity contribution is -0.135. The Bertz CT molecular complexity index is 1040. The maximum atomic E-state index is 13.5. The van der Waals surface area contributed by atoms with Gasteiger partial charge in [0.1, 0.15) is 11.9 Å². The van der Waals surface area contributed by atoms with Crippen LogP contribution in [0.5, 0.6) is 0 Å². The number of halogens is 1. The fourth-order valence-corrected chi connectivity index (χ4v) is 4.66.